The zero-order valence-electron chi connectivity index (χ0n) is 7.23. The van der Waals surface area contributed by atoms with Gasteiger partial charge in [-0.3, -0.25) is 0 Å². The molecular weight excluding hydrogens is 179 g/mol. The Morgan fingerprint density at radius 1 is 1.31 bits per heavy atom. The third-order valence-corrected chi connectivity index (χ3v) is 1.60. The number of pyridine rings is 1. The average molecular weight is 189 g/mol. The van der Waals surface area contributed by atoms with Gasteiger partial charge in [0.25, 0.3) is 0 Å². The number of nitrogens with zero attached hydrogens (tertiary/aromatic N) is 1. The summed E-state index contributed by atoms with van der Waals surface area (Å²) in [4.78, 5) is 3.51. The predicted molar refractivity (Wildman–Crippen MR) is 43.2 cm³/mol. The van der Waals surface area contributed by atoms with E-state index < -0.39 is 11.9 Å². The molecule has 0 radical (unpaired) electrons. The molecule has 0 amide bonds. The van der Waals surface area contributed by atoms with Crippen molar-refractivity contribution >= 4 is 0 Å². The summed E-state index contributed by atoms with van der Waals surface area (Å²) < 4.78 is 36.4. The highest BCUT2D eigenvalue weighted by atomic mass is 19.4. The molecule has 0 aliphatic heterocycles. The summed E-state index contributed by atoms with van der Waals surface area (Å²) in [6, 6.07) is 3.98. The summed E-state index contributed by atoms with van der Waals surface area (Å²) in [7, 11) is 0. The van der Waals surface area contributed by atoms with E-state index in [1.54, 1.807) is 6.07 Å². The Labute approximate surface area is 74.6 Å². The molecule has 13 heavy (non-hydrogen) atoms. The molecule has 0 fully saturated rings. The highest BCUT2D eigenvalue weighted by molar-refractivity contribution is 5.13. The number of rotatable bonds is 2. The van der Waals surface area contributed by atoms with E-state index in [-0.39, 0.29) is 0 Å². The predicted octanol–water partition coefficient (Wildman–Crippen LogP) is 3.05. The largest absolute Gasteiger partial charge is 0.433 e. The van der Waals surface area contributed by atoms with Gasteiger partial charge in [0.2, 0.25) is 0 Å². The van der Waals surface area contributed by atoms with Crippen molar-refractivity contribution in [3.63, 3.8) is 0 Å². The summed E-state index contributed by atoms with van der Waals surface area (Å²) in [6.45, 7) is 1.90. The van der Waals surface area contributed by atoms with Gasteiger partial charge < -0.3 is 0 Å². The Kier molecular flexibility index (Phi) is 2.90. The van der Waals surface area contributed by atoms with Crippen LogP contribution in [0.25, 0.3) is 0 Å². The quantitative estimate of drug-likeness (QED) is 0.696. The van der Waals surface area contributed by atoms with E-state index in [0.29, 0.717) is 12.1 Å². The molecule has 1 aromatic heterocycles. The Hall–Kier alpha value is -1.06. The smallest absolute Gasteiger partial charge is 0.248 e. The maximum absolute atomic E-state index is 12.1. The van der Waals surface area contributed by atoms with E-state index in [4.69, 9.17) is 0 Å². The highest BCUT2D eigenvalue weighted by Crippen LogP contribution is 2.27. The summed E-state index contributed by atoms with van der Waals surface area (Å²) in [5, 5.41) is 0. The van der Waals surface area contributed by atoms with Gasteiger partial charge in [0.15, 0.2) is 0 Å². The lowest BCUT2D eigenvalue weighted by molar-refractivity contribution is -0.141. The Bertz CT molecular complexity index is 280. The Balaban J connectivity index is 2.92. The second-order valence-electron chi connectivity index (χ2n) is 2.76. The van der Waals surface area contributed by atoms with Crippen LogP contribution in [-0.4, -0.2) is 4.98 Å². The Morgan fingerprint density at radius 3 is 2.54 bits per heavy atom. The van der Waals surface area contributed by atoms with Crippen molar-refractivity contribution in [1.82, 2.24) is 4.98 Å². The van der Waals surface area contributed by atoms with Crippen LogP contribution in [0.3, 0.4) is 0 Å². The molecule has 1 nitrogen and oxygen atoms in total. The lowest BCUT2D eigenvalue weighted by atomic mass is 10.2. The minimum Gasteiger partial charge on any atom is -0.248 e. The van der Waals surface area contributed by atoms with Crippen LogP contribution >= 0.6 is 0 Å². The van der Waals surface area contributed by atoms with Crippen LogP contribution in [0.4, 0.5) is 13.2 Å². The molecule has 0 aromatic carbocycles. The van der Waals surface area contributed by atoms with E-state index in [9.17, 15) is 13.2 Å². The number of halogens is 3. The van der Waals surface area contributed by atoms with E-state index in [1.807, 2.05) is 6.92 Å². The van der Waals surface area contributed by atoms with Gasteiger partial charge in [-0.2, -0.15) is 13.2 Å². The summed E-state index contributed by atoms with van der Waals surface area (Å²) in [6.07, 6.45) is -2.94. The van der Waals surface area contributed by atoms with Crippen molar-refractivity contribution < 1.29 is 13.2 Å². The van der Waals surface area contributed by atoms with Gasteiger partial charge in [0, 0.05) is 5.69 Å². The van der Waals surface area contributed by atoms with Crippen LogP contribution in [0.2, 0.25) is 0 Å². The molecule has 0 aliphatic carbocycles. The van der Waals surface area contributed by atoms with Gasteiger partial charge in [-0.1, -0.05) is 19.4 Å². The van der Waals surface area contributed by atoms with E-state index in [1.165, 1.54) is 6.07 Å². The van der Waals surface area contributed by atoms with Gasteiger partial charge in [0.05, 0.1) is 0 Å². The molecule has 4 heteroatoms. The Morgan fingerprint density at radius 2 is 2.00 bits per heavy atom. The van der Waals surface area contributed by atoms with Crippen molar-refractivity contribution in [2.45, 2.75) is 25.9 Å². The SMILES string of the molecule is CCCc1cccc(C(F)(F)F)n1. The van der Waals surface area contributed by atoms with Crippen LogP contribution in [0.15, 0.2) is 18.2 Å². The summed E-state index contributed by atoms with van der Waals surface area (Å²) in [5.41, 5.74) is -0.309. The fourth-order valence-corrected chi connectivity index (χ4v) is 1.03. The molecular formula is C9H10F3N. The van der Waals surface area contributed by atoms with E-state index in [0.717, 1.165) is 12.5 Å². The van der Waals surface area contributed by atoms with Crippen LogP contribution in [0, 0.1) is 0 Å². The minimum absolute atomic E-state index is 0.498. The molecule has 0 aliphatic rings. The molecule has 1 heterocycles. The van der Waals surface area contributed by atoms with Crippen LogP contribution < -0.4 is 0 Å². The fourth-order valence-electron chi connectivity index (χ4n) is 1.03. The number of aryl methyl sites for hydroxylation is 1. The molecule has 0 N–H and O–H groups in total. The molecule has 1 rings (SSSR count). The first-order valence-electron chi connectivity index (χ1n) is 4.07. The van der Waals surface area contributed by atoms with Crippen molar-refractivity contribution in [3.8, 4) is 0 Å². The zero-order valence-corrected chi connectivity index (χ0v) is 7.23. The van der Waals surface area contributed by atoms with Gasteiger partial charge in [-0.15, -0.1) is 0 Å². The van der Waals surface area contributed by atoms with E-state index in [2.05, 4.69) is 4.98 Å². The first-order valence-corrected chi connectivity index (χ1v) is 4.07. The second kappa shape index (κ2) is 3.77. The minimum atomic E-state index is -4.33. The number of aromatic nitrogens is 1. The number of hydrogen-bond acceptors (Lipinski definition) is 1. The average Bonchev–Trinajstić information content (AvgIpc) is 2.04. The monoisotopic (exact) mass is 189 g/mol. The third kappa shape index (κ3) is 2.72. The standard InChI is InChI=1S/C9H10F3N/c1-2-4-7-5-3-6-8(13-7)9(10,11)12/h3,5-6H,2,4H2,1H3. The second-order valence-corrected chi connectivity index (χ2v) is 2.76. The normalized spacial score (nSPS) is 11.7. The van der Waals surface area contributed by atoms with Gasteiger partial charge in [-0.05, 0) is 18.6 Å². The maximum Gasteiger partial charge on any atom is 0.433 e. The molecule has 1 aromatic rings. The van der Waals surface area contributed by atoms with Crippen molar-refractivity contribution in [3.05, 3.63) is 29.6 Å². The first kappa shape index (κ1) is 10.0. The summed E-state index contributed by atoms with van der Waals surface area (Å²) in [5.74, 6) is 0. The molecule has 72 valence electrons. The highest BCUT2D eigenvalue weighted by Gasteiger charge is 2.32. The first-order chi connectivity index (χ1) is 6.04. The summed E-state index contributed by atoms with van der Waals surface area (Å²) >= 11 is 0. The maximum atomic E-state index is 12.1. The molecule has 0 bridgehead atoms. The molecule has 0 unspecified atom stereocenters. The number of hydrogen-bond donors (Lipinski definition) is 0. The van der Waals surface area contributed by atoms with Gasteiger partial charge in [-0.25, -0.2) is 4.98 Å². The van der Waals surface area contributed by atoms with Crippen molar-refractivity contribution in [1.29, 1.82) is 0 Å². The van der Waals surface area contributed by atoms with Gasteiger partial charge in [0.1, 0.15) is 5.69 Å². The van der Waals surface area contributed by atoms with Crippen molar-refractivity contribution in [2.75, 3.05) is 0 Å². The van der Waals surface area contributed by atoms with Crippen molar-refractivity contribution in [2.24, 2.45) is 0 Å². The van der Waals surface area contributed by atoms with Crippen LogP contribution in [-0.2, 0) is 12.6 Å². The number of alkyl halides is 3. The van der Waals surface area contributed by atoms with Gasteiger partial charge >= 0.3 is 6.18 Å². The molecule has 0 spiro atoms. The molecule has 0 atom stereocenters. The molecule has 0 saturated heterocycles. The van der Waals surface area contributed by atoms with Crippen LogP contribution in [0.5, 0.6) is 0 Å². The van der Waals surface area contributed by atoms with E-state index >= 15 is 0 Å². The lowest BCUT2D eigenvalue weighted by Gasteiger charge is -2.06. The van der Waals surface area contributed by atoms with Crippen LogP contribution in [0.1, 0.15) is 24.7 Å². The zero-order chi connectivity index (χ0) is 9.90. The topological polar surface area (TPSA) is 12.9 Å². The fraction of sp³-hybridized carbons (Fsp3) is 0.444. The third-order valence-electron chi connectivity index (χ3n) is 1.60. The molecule has 0 saturated carbocycles. The lowest BCUT2D eigenvalue weighted by Crippen LogP contribution is -2.08.